The van der Waals surface area contributed by atoms with Crippen LogP contribution in [-0.2, 0) is 7.05 Å². The number of aliphatic hydroxyl groups is 1. The smallest absolute Gasteiger partial charge is 0.271 e. The summed E-state index contributed by atoms with van der Waals surface area (Å²) >= 11 is 0. The standard InChI is InChI=1S/C16H20FN3O2/c1-10(2)14-8-13(19-20(14)3)16(22)18-9-15(21)11-4-6-12(17)7-5-11/h4-8,10,15,21H,9H2,1-3H3,(H,18,22). The minimum Gasteiger partial charge on any atom is -0.387 e. The lowest BCUT2D eigenvalue weighted by atomic mass is 10.1. The van der Waals surface area contributed by atoms with E-state index in [-0.39, 0.29) is 24.2 Å². The molecule has 1 amide bonds. The summed E-state index contributed by atoms with van der Waals surface area (Å²) in [5, 5.41) is 16.8. The van der Waals surface area contributed by atoms with Crippen molar-refractivity contribution in [1.82, 2.24) is 15.1 Å². The summed E-state index contributed by atoms with van der Waals surface area (Å²) in [4.78, 5) is 12.1. The number of rotatable bonds is 5. The third-order valence-electron chi connectivity index (χ3n) is 3.45. The van der Waals surface area contributed by atoms with E-state index in [4.69, 9.17) is 0 Å². The summed E-state index contributed by atoms with van der Waals surface area (Å²) < 4.78 is 14.5. The molecule has 0 spiro atoms. The zero-order valence-corrected chi connectivity index (χ0v) is 12.9. The molecule has 1 atom stereocenters. The van der Waals surface area contributed by atoms with Gasteiger partial charge in [0.05, 0.1) is 6.10 Å². The van der Waals surface area contributed by atoms with Crippen molar-refractivity contribution in [3.63, 3.8) is 0 Å². The van der Waals surface area contributed by atoms with Gasteiger partial charge in [-0.25, -0.2) is 4.39 Å². The molecule has 2 N–H and O–H groups in total. The summed E-state index contributed by atoms with van der Waals surface area (Å²) in [6.07, 6.45) is -0.891. The number of benzene rings is 1. The Bertz CT molecular complexity index is 650. The number of amides is 1. The largest absolute Gasteiger partial charge is 0.387 e. The number of hydrogen-bond acceptors (Lipinski definition) is 3. The molecular weight excluding hydrogens is 285 g/mol. The molecule has 0 saturated heterocycles. The van der Waals surface area contributed by atoms with Crippen molar-refractivity contribution >= 4 is 5.91 Å². The number of aryl methyl sites for hydroxylation is 1. The fourth-order valence-electron chi connectivity index (χ4n) is 2.22. The van der Waals surface area contributed by atoms with Crippen LogP contribution in [-0.4, -0.2) is 27.3 Å². The first-order valence-corrected chi connectivity index (χ1v) is 7.14. The SMILES string of the molecule is CC(C)c1cc(C(=O)NCC(O)c2ccc(F)cc2)nn1C. The Balaban J connectivity index is 1.97. The Morgan fingerprint density at radius 2 is 2.00 bits per heavy atom. The Morgan fingerprint density at radius 3 is 2.55 bits per heavy atom. The maximum atomic E-state index is 12.8. The van der Waals surface area contributed by atoms with Crippen molar-refractivity contribution in [2.45, 2.75) is 25.9 Å². The first-order chi connectivity index (χ1) is 10.4. The molecule has 0 aliphatic rings. The molecule has 1 aromatic heterocycles. The van der Waals surface area contributed by atoms with Gasteiger partial charge in [0.1, 0.15) is 11.5 Å². The Labute approximate surface area is 128 Å². The van der Waals surface area contributed by atoms with Crippen molar-refractivity contribution in [3.05, 3.63) is 53.1 Å². The molecule has 22 heavy (non-hydrogen) atoms. The second kappa shape index (κ2) is 6.70. The van der Waals surface area contributed by atoms with Crippen molar-refractivity contribution < 1.29 is 14.3 Å². The molecule has 6 heteroatoms. The van der Waals surface area contributed by atoms with E-state index in [1.165, 1.54) is 24.3 Å². The predicted molar refractivity (Wildman–Crippen MR) is 81.0 cm³/mol. The molecule has 0 saturated carbocycles. The van der Waals surface area contributed by atoms with Gasteiger partial charge in [0.15, 0.2) is 0 Å². The van der Waals surface area contributed by atoms with Crippen LogP contribution in [0.4, 0.5) is 4.39 Å². The zero-order valence-electron chi connectivity index (χ0n) is 12.9. The molecular formula is C16H20FN3O2. The number of nitrogens with zero attached hydrogens (tertiary/aromatic N) is 2. The molecule has 0 bridgehead atoms. The average molecular weight is 305 g/mol. The summed E-state index contributed by atoms with van der Waals surface area (Å²) in [5.74, 6) is -0.442. The first kappa shape index (κ1) is 16.2. The number of halogens is 1. The van der Waals surface area contributed by atoms with E-state index in [1.54, 1.807) is 17.8 Å². The fraction of sp³-hybridized carbons (Fsp3) is 0.375. The lowest BCUT2D eigenvalue weighted by Gasteiger charge is -2.11. The van der Waals surface area contributed by atoms with Crippen LogP contribution in [0.2, 0.25) is 0 Å². The summed E-state index contributed by atoms with van der Waals surface area (Å²) in [6, 6.07) is 7.26. The van der Waals surface area contributed by atoms with Crippen LogP contribution >= 0.6 is 0 Å². The molecule has 0 fully saturated rings. The number of carbonyl (C=O) groups excluding carboxylic acids is 1. The third-order valence-corrected chi connectivity index (χ3v) is 3.45. The van der Waals surface area contributed by atoms with Crippen molar-refractivity contribution in [2.75, 3.05) is 6.54 Å². The van der Waals surface area contributed by atoms with Gasteiger partial charge in [-0.05, 0) is 29.7 Å². The van der Waals surface area contributed by atoms with Crippen LogP contribution in [0.1, 0.15) is 47.6 Å². The highest BCUT2D eigenvalue weighted by atomic mass is 19.1. The van der Waals surface area contributed by atoms with E-state index in [1.807, 2.05) is 13.8 Å². The van der Waals surface area contributed by atoms with E-state index in [0.717, 1.165) is 5.69 Å². The second-order valence-electron chi connectivity index (χ2n) is 5.51. The summed E-state index contributed by atoms with van der Waals surface area (Å²) in [6.45, 7) is 4.09. The second-order valence-corrected chi connectivity index (χ2v) is 5.51. The van der Waals surface area contributed by atoms with Crippen molar-refractivity contribution in [1.29, 1.82) is 0 Å². The highest BCUT2D eigenvalue weighted by molar-refractivity contribution is 5.92. The molecule has 1 heterocycles. The summed E-state index contributed by atoms with van der Waals surface area (Å²) in [7, 11) is 1.79. The molecule has 0 aliphatic heterocycles. The number of nitrogens with one attached hydrogen (secondary N) is 1. The van der Waals surface area contributed by atoms with Crippen LogP contribution in [0.15, 0.2) is 30.3 Å². The molecule has 0 aliphatic carbocycles. The zero-order chi connectivity index (χ0) is 16.3. The fourth-order valence-corrected chi connectivity index (χ4v) is 2.22. The van der Waals surface area contributed by atoms with Crippen LogP contribution in [0.5, 0.6) is 0 Å². The number of aromatic nitrogens is 2. The Morgan fingerprint density at radius 1 is 1.36 bits per heavy atom. The van der Waals surface area contributed by atoms with E-state index < -0.39 is 6.10 Å². The van der Waals surface area contributed by atoms with Gasteiger partial charge in [-0.1, -0.05) is 26.0 Å². The van der Waals surface area contributed by atoms with Gasteiger partial charge in [0.25, 0.3) is 5.91 Å². The molecule has 0 radical (unpaired) electrons. The monoisotopic (exact) mass is 305 g/mol. The van der Waals surface area contributed by atoms with E-state index in [9.17, 15) is 14.3 Å². The highest BCUT2D eigenvalue weighted by Gasteiger charge is 2.16. The normalized spacial score (nSPS) is 12.5. The van der Waals surface area contributed by atoms with Crippen LogP contribution < -0.4 is 5.32 Å². The van der Waals surface area contributed by atoms with E-state index >= 15 is 0 Å². The van der Waals surface area contributed by atoms with Crippen molar-refractivity contribution in [3.8, 4) is 0 Å². The van der Waals surface area contributed by atoms with Gasteiger partial charge < -0.3 is 10.4 Å². The number of carbonyl (C=O) groups is 1. The number of aliphatic hydroxyl groups excluding tert-OH is 1. The molecule has 1 unspecified atom stereocenters. The average Bonchev–Trinajstić information content (AvgIpc) is 2.87. The summed E-state index contributed by atoms with van der Waals surface area (Å²) in [5.41, 5.74) is 1.83. The topological polar surface area (TPSA) is 67.2 Å². The maximum absolute atomic E-state index is 12.8. The van der Waals surface area contributed by atoms with Gasteiger partial charge in [0, 0.05) is 19.3 Å². The lowest BCUT2D eigenvalue weighted by Crippen LogP contribution is -2.28. The lowest BCUT2D eigenvalue weighted by molar-refractivity contribution is 0.0910. The van der Waals surface area contributed by atoms with Crippen molar-refractivity contribution in [2.24, 2.45) is 7.05 Å². The Kier molecular flexibility index (Phi) is 4.92. The van der Waals surface area contributed by atoms with Gasteiger partial charge in [-0.3, -0.25) is 9.48 Å². The molecule has 2 aromatic rings. The Hall–Kier alpha value is -2.21. The van der Waals surface area contributed by atoms with Crippen LogP contribution in [0.3, 0.4) is 0 Å². The molecule has 1 aromatic carbocycles. The van der Waals surface area contributed by atoms with E-state index in [2.05, 4.69) is 10.4 Å². The quantitative estimate of drug-likeness (QED) is 0.889. The maximum Gasteiger partial charge on any atom is 0.271 e. The minimum absolute atomic E-state index is 0.0397. The third kappa shape index (κ3) is 3.71. The van der Waals surface area contributed by atoms with Gasteiger partial charge in [0.2, 0.25) is 0 Å². The van der Waals surface area contributed by atoms with Gasteiger partial charge >= 0.3 is 0 Å². The molecule has 5 nitrogen and oxygen atoms in total. The minimum atomic E-state index is -0.891. The van der Waals surface area contributed by atoms with Crippen LogP contribution in [0, 0.1) is 5.82 Å². The van der Waals surface area contributed by atoms with Gasteiger partial charge in [-0.15, -0.1) is 0 Å². The predicted octanol–water partition coefficient (Wildman–Crippen LogP) is 2.15. The highest BCUT2D eigenvalue weighted by Crippen LogP contribution is 2.15. The number of hydrogen-bond donors (Lipinski definition) is 2. The molecule has 118 valence electrons. The molecule has 2 rings (SSSR count). The van der Waals surface area contributed by atoms with Gasteiger partial charge in [-0.2, -0.15) is 5.10 Å². The first-order valence-electron chi connectivity index (χ1n) is 7.14. The van der Waals surface area contributed by atoms with E-state index in [0.29, 0.717) is 11.3 Å². The van der Waals surface area contributed by atoms with Crippen LogP contribution in [0.25, 0.3) is 0 Å².